The first-order valence-electron chi connectivity index (χ1n) is 5.92. The zero-order valence-corrected chi connectivity index (χ0v) is 12.8. The Labute approximate surface area is 130 Å². The lowest BCUT2D eigenvalue weighted by molar-refractivity contribution is 0.0688. The third-order valence-corrected chi connectivity index (χ3v) is 4.35. The van der Waals surface area contributed by atoms with Crippen LogP contribution in [0.1, 0.15) is 21.7 Å². The van der Waals surface area contributed by atoms with E-state index in [0.717, 1.165) is 12.3 Å². The zero-order valence-electron chi connectivity index (χ0n) is 11.2. The molecule has 2 aromatic rings. The fourth-order valence-corrected chi connectivity index (χ4v) is 3.03. The minimum Gasteiger partial charge on any atom is -0.476 e. The summed E-state index contributed by atoms with van der Waals surface area (Å²) in [5.74, 6) is -2.27. The quantitative estimate of drug-likeness (QED) is 0.910. The molecule has 0 aliphatic heterocycles. The second-order valence-electron chi connectivity index (χ2n) is 4.44. The highest BCUT2D eigenvalue weighted by Crippen LogP contribution is 2.27. The van der Waals surface area contributed by atoms with E-state index >= 15 is 0 Å². The van der Waals surface area contributed by atoms with Gasteiger partial charge in [-0.1, -0.05) is 11.6 Å². The molecule has 0 bridgehead atoms. The van der Waals surface area contributed by atoms with Crippen molar-refractivity contribution in [2.24, 2.45) is 0 Å². The van der Waals surface area contributed by atoms with Crippen molar-refractivity contribution < 1.29 is 22.7 Å². The number of rotatable bonds is 4. The normalized spacial score (nSPS) is 11.4. The monoisotopic (exact) mass is 344 g/mol. The Morgan fingerprint density at radius 2 is 1.95 bits per heavy atom. The zero-order chi connectivity index (χ0) is 16.5. The van der Waals surface area contributed by atoms with Crippen LogP contribution < -0.4 is 0 Å². The van der Waals surface area contributed by atoms with Gasteiger partial charge in [-0.2, -0.15) is 0 Å². The Morgan fingerprint density at radius 3 is 2.55 bits per heavy atom. The predicted octanol–water partition coefficient (Wildman–Crippen LogP) is 1.96. The number of carboxylic acid groups (broad SMARTS) is 1. The maximum Gasteiger partial charge on any atom is 0.356 e. The van der Waals surface area contributed by atoms with E-state index in [-0.39, 0.29) is 33.3 Å². The second kappa shape index (κ2) is 5.98. The number of nitrogens with zero attached hydrogens (tertiary/aromatic N) is 2. The van der Waals surface area contributed by atoms with E-state index in [2.05, 4.69) is 9.97 Å². The van der Waals surface area contributed by atoms with Crippen LogP contribution in [0.25, 0.3) is 0 Å². The van der Waals surface area contributed by atoms with Gasteiger partial charge in [0.05, 0.1) is 15.6 Å². The molecule has 0 aliphatic rings. The molecule has 0 unspecified atom stereocenters. The summed E-state index contributed by atoms with van der Waals surface area (Å²) in [6.07, 6.45) is 2.99. The Bertz CT molecular complexity index is 855. The maximum atomic E-state index is 14.2. The Hall–Kier alpha value is -2.06. The standard InChI is InChI=1S/C13H10ClFN2O4S/c1-22(20,21)10-3-2-8(14)11(15)7(10)6-9-12(13(18)19)17-5-4-16-9/h2-5H,6H2,1H3,(H,18,19). The molecule has 116 valence electrons. The first-order chi connectivity index (χ1) is 10.2. The number of carbonyl (C=O) groups is 1. The molecule has 22 heavy (non-hydrogen) atoms. The molecule has 0 atom stereocenters. The predicted molar refractivity (Wildman–Crippen MR) is 76.3 cm³/mol. The lowest BCUT2D eigenvalue weighted by Crippen LogP contribution is -2.11. The van der Waals surface area contributed by atoms with Gasteiger partial charge in [0.1, 0.15) is 5.82 Å². The molecule has 2 rings (SSSR count). The van der Waals surface area contributed by atoms with Gasteiger partial charge >= 0.3 is 5.97 Å². The number of halogens is 2. The number of sulfone groups is 1. The van der Waals surface area contributed by atoms with Crippen molar-refractivity contribution >= 4 is 27.4 Å². The summed E-state index contributed by atoms with van der Waals surface area (Å²) in [6.45, 7) is 0. The highest BCUT2D eigenvalue weighted by molar-refractivity contribution is 7.90. The van der Waals surface area contributed by atoms with Crippen LogP contribution in [0.5, 0.6) is 0 Å². The van der Waals surface area contributed by atoms with Gasteiger partial charge in [-0.15, -0.1) is 0 Å². The number of hydrogen-bond acceptors (Lipinski definition) is 5. The number of aromatic carboxylic acids is 1. The van der Waals surface area contributed by atoms with Gasteiger partial charge in [0.25, 0.3) is 0 Å². The van der Waals surface area contributed by atoms with Gasteiger partial charge in [-0.25, -0.2) is 22.6 Å². The van der Waals surface area contributed by atoms with Gasteiger partial charge in [-0.3, -0.25) is 4.98 Å². The Kier molecular flexibility index (Phi) is 4.43. The van der Waals surface area contributed by atoms with Crippen LogP contribution in [0.2, 0.25) is 5.02 Å². The molecule has 0 aliphatic carbocycles. The van der Waals surface area contributed by atoms with Gasteiger partial charge < -0.3 is 5.11 Å². The fraction of sp³-hybridized carbons (Fsp3) is 0.154. The van der Waals surface area contributed by atoms with Crippen molar-refractivity contribution in [2.45, 2.75) is 11.3 Å². The highest BCUT2D eigenvalue weighted by Gasteiger charge is 2.22. The third kappa shape index (κ3) is 3.23. The van der Waals surface area contributed by atoms with Crippen LogP contribution in [0.4, 0.5) is 4.39 Å². The molecular formula is C13H10ClFN2O4S. The molecule has 0 saturated heterocycles. The summed E-state index contributed by atoms with van der Waals surface area (Å²) in [6, 6.07) is 2.30. The van der Waals surface area contributed by atoms with Gasteiger partial charge in [0, 0.05) is 30.6 Å². The lowest BCUT2D eigenvalue weighted by Gasteiger charge is -2.11. The largest absolute Gasteiger partial charge is 0.476 e. The van der Waals surface area contributed by atoms with E-state index in [1.165, 1.54) is 18.5 Å². The summed E-state index contributed by atoms with van der Waals surface area (Å²) in [7, 11) is -3.72. The van der Waals surface area contributed by atoms with Crippen LogP contribution >= 0.6 is 11.6 Å². The van der Waals surface area contributed by atoms with E-state index in [1.54, 1.807) is 0 Å². The molecule has 1 aromatic heterocycles. The van der Waals surface area contributed by atoms with Crippen molar-refractivity contribution in [3.05, 3.63) is 52.3 Å². The summed E-state index contributed by atoms with van der Waals surface area (Å²) >= 11 is 5.68. The topological polar surface area (TPSA) is 97.2 Å². The van der Waals surface area contributed by atoms with Gasteiger partial charge in [-0.05, 0) is 12.1 Å². The molecule has 1 aromatic carbocycles. The number of benzene rings is 1. The Balaban J connectivity index is 2.64. The molecule has 9 heteroatoms. The Morgan fingerprint density at radius 1 is 1.32 bits per heavy atom. The van der Waals surface area contributed by atoms with Crippen LogP contribution in [0.15, 0.2) is 29.4 Å². The average Bonchev–Trinajstić information content (AvgIpc) is 2.43. The smallest absolute Gasteiger partial charge is 0.356 e. The van der Waals surface area contributed by atoms with E-state index in [0.29, 0.717) is 0 Å². The molecular weight excluding hydrogens is 335 g/mol. The summed E-state index contributed by atoms with van der Waals surface area (Å²) in [5, 5.41) is 8.80. The van der Waals surface area contributed by atoms with Crippen molar-refractivity contribution in [1.82, 2.24) is 9.97 Å². The summed E-state index contributed by atoms with van der Waals surface area (Å²) in [4.78, 5) is 18.3. The van der Waals surface area contributed by atoms with Crippen LogP contribution in [-0.4, -0.2) is 35.7 Å². The molecule has 1 heterocycles. The van der Waals surface area contributed by atoms with Crippen molar-refractivity contribution in [2.75, 3.05) is 6.26 Å². The molecule has 0 saturated carbocycles. The molecule has 0 fully saturated rings. The van der Waals surface area contributed by atoms with Crippen LogP contribution in [0.3, 0.4) is 0 Å². The lowest BCUT2D eigenvalue weighted by atomic mass is 10.1. The van der Waals surface area contributed by atoms with E-state index in [1.807, 2.05) is 0 Å². The minimum atomic E-state index is -3.72. The highest BCUT2D eigenvalue weighted by atomic mass is 35.5. The van der Waals surface area contributed by atoms with E-state index < -0.39 is 21.6 Å². The molecule has 1 N–H and O–H groups in total. The van der Waals surface area contributed by atoms with Crippen molar-refractivity contribution in [3.63, 3.8) is 0 Å². The van der Waals surface area contributed by atoms with Crippen LogP contribution in [0, 0.1) is 5.82 Å². The van der Waals surface area contributed by atoms with Gasteiger partial charge in [0.15, 0.2) is 15.5 Å². The third-order valence-electron chi connectivity index (χ3n) is 2.87. The summed E-state index contributed by atoms with van der Waals surface area (Å²) < 4.78 is 37.7. The molecule has 0 spiro atoms. The second-order valence-corrected chi connectivity index (χ2v) is 6.84. The average molecular weight is 345 g/mol. The van der Waals surface area contributed by atoms with Gasteiger partial charge in [0.2, 0.25) is 0 Å². The number of carboxylic acids is 1. The first kappa shape index (κ1) is 16.3. The van der Waals surface area contributed by atoms with Crippen molar-refractivity contribution in [3.8, 4) is 0 Å². The molecule has 0 radical (unpaired) electrons. The first-order valence-corrected chi connectivity index (χ1v) is 8.19. The SMILES string of the molecule is CS(=O)(=O)c1ccc(Cl)c(F)c1Cc1nccnc1C(=O)O. The molecule has 0 amide bonds. The molecule has 6 nitrogen and oxygen atoms in total. The van der Waals surface area contributed by atoms with Crippen molar-refractivity contribution in [1.29, 1.82) is 0 Å². The van der Waals surface area contributed by atoms with E-state index in [9.17, 15) is 17.6 Å². The van der Waals surface area contributed by atoms with E-state index in [4.69, 9.17) is 16.7 Å². The summed E-state index contributed by atoms with van der Waals surface area (Å²) in [5.41, 5.74) is -0.666. The minimum absolute atomic E-state index is 0.0546. The number of aromatic nitrogens is 2. The maximum absolute atomic E-state index is 14.2. The number of hydrogen-bond donors (Lipinski definition) is 1. The van der Waals surface area contributed by atoms with Crippen LogP contribution in [-0.2, 0) is 16.3 Å². The fourth-order valence-electron chi connectivity index (χ4n) is 1.93.